The Balaban J connectivity index is 1.52. The third kappa shape index (κ3) is 3.84. The maximum absolute atomic E-state index is 13.0. The molecule has 0 amide bonds. The third-order valence-electron chi connectivity index (χ3n) is 5.06. The normalized spacial score (nSPS) is 18.5. The van der Waals surface area contributed by atoms with Crippen LogP contribution in [0.1, 0.15) is 28.9 Å². The van der Waals surface area contributed by atoms with Crippen molar-refractivity contribution in [1.29, 1.82) is 0 Å². The van der Waals surface area contributed by atoms with Crippen LogP contribution in [0.25, 0.3) is 11.3 Å². The largest absolute Gasteiger partial charge is 0.486 e. The lowest BCUT2D eigenvalue weighted by atomic mass is 10.2. The van der Waals surface area contributed by atoms with Crippen LogP contribution < -0.4 is 4.74 Å². The summed E-state index contributed by atoms with van der Waals surface area (Å²) in [5.74, 6) is 0.760. The van der Waals surface area contributed by atoms with E-state index in [1.54, 1.807) is 12.1 Å². The first kappa shape index (κ1) is 19.1. The Labute approximate surface area is 167 Å². The molecule has 0 unspecified atom stereocenters. The van der Waals surface area contributed by atoms with E-state index in [1.165, 1.54) is 23.5 Å². The number of thiazole rings is 1. The zero-order valence-electron chi connectivity index (χ0n) is 15.7. The molecular weight excluding hydrogens is 399 g/mol. The summed E-state index contributed by atoms with van der Waals surface area (Å²) < 4.78 is 44.5. The minimum Gasteiger partial charge on any atom is -0.486 e. The average molecular weight is 421 g/mol. The average Bonchev–Trinajstić information content (AvgIpc) is 3.32. The fourth-order valence-electron chi connectivity index (χ4n) is 3.75. The third-order valence-corrected chi connectivity index (χ3v) is 7.63. The first-order valence-corrected chi connectivity index (χ1v) is 11.7. The zero-order valence-corrected chi connectivity index (χ0v) is 17.3. The molecule has 1 saturated heterocycles. The molecule has 1 aliphatic heterocycles. The van der Waals surface area contributed by atoms with Crippen LogP contribution >= 0.6 is 11.3 Å². The highest BCUT2D eigenvalue weighted by Crippen LogP contribution is 2.34. The number of hydrogen-bond acceptors (Lipinski definition) is 5. The van der Waals surface area contributed by atoms with Crippen LogP contribution in [0.3, 0.4) is 0 Å². The number of sulfone groups is 1. The van der Waals surface area contributed by atoms with Crippen molar-refractivity contribution in [3.63, 3.8) is 0 Å². The Morgan fingerprint density at radius 3 is 2.71 bits per heavy atom. The lowest BCUT2D eigenvalue weighted by Crippen LogP contribution is -2.13. The lowest BCUT2D eigenvalue weighted by molar-refractivity contribution is 0.305. The molecule has 1 aliphatic rings. The maximum atomic E-state index is 13.0. The van der Waals surface area contributed by atoms with Gasteiger partial charge in [0.15, 0.2) is 9.84 Å². The highest BCUT2D eigenvalue weighted by atomic mass is 32.2. The van der Waals surface area contributed by atoms with Gasteiger partial charge in [-0.05, 0) is 50.6 Å². The standard InChI is InChI=1S/C20H21FN2O3S2/c1-13-9-18(14(2)23(13)16-7-8-28(24,25)12-16)19-11-27-20(22-19)10-26-17-5-3-15(21)4-6-17/h3-6,9,11,16H,7-8,10,12H2,1-2H3/t16-/m0/s1. The monoisotopic (exact) mass is 420 g/mol. The quantitative estimate of drug-likeness (QED) is 0.617. The molecule has 8 heteroatoms. The summed E-state index contributed by atoms with van der Waals surface area (Å²) in [5.41, 5.74) is 3.97. The number of nitrogens with zero attached hydrogens (tertiary/aromatic N) is 2. The fraction of sp³-hybridized carbons (Fsp3) is 0.350. The molecule has 3 aromatic rings. The Morgan fingerprint density at radius 2 is 2.04 bits per heavy atom. The van der Waals surface area contributed by atoms with Crippen molar-refractivity contribution < 1.29 is 17.5 Å². The van der Waals surface area contributed by atoms with Gasteiger partial charge in [-0.25, -0.2) is 17.8 Å². The highest BCUT2D eigenvalue weighted by molar-refractivity contribution is 7.91. The minimum absolute atomic E-state index is 0.00124. The summed E-state index contributed by atoms with van der Waals surface area (Å²) in [6.07, 6.45) is 0.659. The van der Waals surface area contributed by atoms with Crippen LogP contribution in [0.15, 0.2) is 35.7 Å². The Hall–Kier alpha value is -2.19. The second-order valence-corrected chi connectivity index (χ2v) is 10.3. The molecule has 0 aliphatic carbocycles. The van der Waals surface area contributed by atoms with Crippen molar-refractivity contribution in [2.24, 2.45) is 0 Å². The predicted molar refractivity (Wildman–Crippen MR) is 108 cm³/mol. The summed E-state index contributed by atoms with van der Waals surface area (Å²) in [6.45, 7) is 4.34. The van der Waals surface area contributed by atoms with E-state index in [4.69, 9.17) is 4.74 Å². The van der Waals surface area contributed by atoms with Gasteiger partial charge in [0, 0.05) is 28.4 Å². The van der Waals surface area contributed by atoms with E-state index in [0.717, 1.165) is 27.7 Å². The number of aryl methyl sites for hydroxylation is 1. The van der Waals surface area contributed by atoms with Gasteiger partial charge in [-0.2, -0.15) is 0 Å². The second kappa shape index (κ2) is 7.33. The Kier molecular flexibility index (Phi) is 5.01. The van der Waals surface area contributed by atoms with Crippen LogP contribution in [-0.4, -0.2) is 29.5 Å². The summed E-state index contributed by atoms with van der Waals surface area (Å²) in [4.78, 5) is 4.67. The van der Waals surface area contributed by atoms with Crippen molar-refractivity contribution in [3.05, 3.63) is 57.9 Å². The Morgan fingerprint density at radius 1 is 1.29 bits per heavy atom. The molecule has 1 aromatic carbocycles. The number of benzene rings is 1. The van der Waals surface area contributed by atoms with Gasteiger partial charge < -0.3 is 9.30 Å². The second-order valence-electron chi connectivity index (χ2n) is 7.08. The lowest BCUT2D eigenvalue weighted by Gasteiger charge is -2.16. The van der Waals surface area contributed by atoms with Crippen LogP contribution in [0, 0.1) is 19.7 Å². The molecule has 0 saturated carbocycles. The van der Waals surface area contributed by atoms with Gasteiger partial charge in [0.1, 0.15) is 23.2 Å². The molecular formula is C20H21FN2O3S2. The molecule has 1 fully saturated rings. The topological polar surface area (TPSA) is 61.2 Å². The van der Waals surface area contributed by atoms with Gasteiger partial charge in [-0.1, -0.05) is 0 Å². The van der Waals surface area contributed by atoms with E-state index < -0.39 is 9.84 Å². The predicted octanol–water partition coefficient (Wildman–Crippen LogP) is 4.31. The number of hydrogen-bond donors (Lipinski definition) is 0. The number of halogens is 1. The van der Waals surface area contributed by atoms with Gasteiger partial charge >= 0.3 is 0 Å². The molecule has 5 nitrogen and oxygen atoms in total. The summed E-state index contributed by atoms with van der Waals surface area (Å²) in [7, 11) is -2.94. The summed E-state index contributed by atoms with van der Waals surface area (Å²) in [6, 6.07) is 7.97. The smallest absolute Gasteiger partial charge is 0.152 e. The molecule has 0 radical (unpaired) electrons. The SMILES string of the molecule is Cc1cc(-c2csc(COc3ccc(F)cc3)n2)c(C)n1[C@H]1CCS(=O)(=O)C1. The molecule has 0 spiro atoms. The van der Waals surface area contributed by atoms with E-state index in [2.05, 4.69) is 15.6 Å². The van der Waals surface area contributed by atoms with Gasteiger partial charge in [-0.3, -0.25) is 0 Å². The van der Waals surface area contributed by atoms with E-state index in [1.807, 2.05) is 19.2 Å². The van der Waals surface area contributed by atoms with Gasteiger partial charge in [-0.15, -0.1) is 11.3 Å². The number of ether oxygens (including phenoxy) is 1. The molecule has 28 heavy (non-hydrogen) atoms. The molecule has 0 N–H and O–H groups in total. The van der Waals surface area contributed by atoms with Gasteiger partial charge in [0.05, 0.1) is 17.2 Å². The van der Waals surface area contributed by atoms with Crippen molar-refractivity contribution in [2.45, 2.75) is 32.9 Å². The Bertz CT molecular complexity index is 1100. The van der Waals surface area contributed by atoms with Crippen molar-refractivity contribution in [1.82, 2.24) is 9.55 Å². The molecule has 0 bridgehead atoms. The van der Waals surface area contributed by atoms with Crippen LogP contribution in [0.2, 0.25) is 0 Å². The van der Waals surface area contributed by atoms with Crippen molar-refractivity contribution in [3.8, 4) is 17.0 Å². The van der Waals surface area contributed by atoms with Gasteiger partial charge in [0.2, 0.25) is 0 Å². The van der Waals surface area contributed by atoms with Crippen molar-refractivity contribution >= 4 is 21.2 Å². The first-order chi connectivity index (χ1) is 13.3. The molecule has 1 atom stereocenters. The molecule has 3 heterocycles. The first-order valence-electron chi connectivity index (χ1n) is 9.04. The van der Waals surface area contributed by atoms with E-state index in [9.17, 15) is 12.8 Å². The summed E-state index contributed by atoms with van der Waals surface area (Å²) >= 11 is 1.51. The van der Waals surface area contributed by atoms with Crippen LogP contribution in [0.4, 0.5) is 4.39 Å². The van der Waals surface area contributed by atoms with Crippen molar-refractivity contribution in [2.75, 3.05) is 11.5 Å². The molecule has 4 rings (SSSR count). The molecule has 148 valence electrons. The zero-order chi connectivity index (χ0) is 19.9. The summed E-state index contributed by atoms with van der Waals surface area (Å²) in [5, 5.41) is 2.81. The minimum atomic E-state index is -2.94. The number of aromatic nitrogens is 2. The van der Waals surface area contributed by atoms with E-state index >= 15 is 0 Å². The van der Waals surface area contributed by atoms with E-state index in [0.29, 0.717) is 18.8 Å². The van der Waals surface area contributed by atoms with E-state index in [-0.39, 0.29) is 23.4 Å². The van der Waals surface area contributed by atoms with Gasteiger partial charge in [0.25, 0.3) is 0 Å². The highest BCUT2D eigenvalue weighted by Gasteiger charge is 2.31. The fourth-order valence-corrected chi connectivity index (χ4v) is 6.16. The molecule has 2 aromatic heterocycles. The van der Waals surface area contributed by atoms with Crippen LogP contribution in [0.5, 0.6) is 5.75 Å². The van der Waals surface area contributed by atoms with Crippen LogP contribution in [-0.2, 0) is 16.4 Å². The number of rotatable bonds is 5. The maximum Gasteiger partial charge on any atom is 0.152 e.